The summed E-state index contributed by atoms with van der Waals surface area (Å²) in [5, 5.41) is 7.97. The lowest BCUT2D eigenvalue weighted by Gasteiger charge is -1.90. The highest BCUT2D eigenvalue weighted by atomic mass is 31.1. The van der Waals surface area contributed by atoms with Crippen LogP contribution in [0.2, 0.25) is 0 Å². The van der Waals surface area contributed by atoms with Gasteiger partial charge in [-0.2, -0.15) is 5.26 Å². The Kier molecular flexibility index (Phi) is 20.3. The SMILES string of the molecule is CC.CPOCCC#N. The quantitative estimate of drug-likeness (QED) is 0.452. The van der Waals surface area contributed by atoms with Crippen molar-refractivity contribution in [2.24, 2.45) is 0 Å². The fourth-order valence-corrected chi connectivity index (χ4v) is 0.505. The van der Waals surface area contributed by atoms with E-state index in [0.717, 1.165) is 0 Å². The molecule has 0 bridgehead atoms. The fraction of sp³-hybridized carbons (Fsp3) is 0.833. The minimum atomic E-state index is 0.515. The first-order valence-corrected chi connectivity index (χ1v) is 4.48. The third kappa shape index (κ3) is 18.1. The molecule has 2 nitrogen and oxygen atoms in total. The zero-order valence-corrected chi connectivity index (χ0v) is 7.27. The number of hydrogen-bond donors (Lipinski definition) is 0. The molecule has 9 heavy (non-hydrogen) atoms. The maximum absolute atomic E-state index is 7.97. The molecule has 0 fully saturated rings. The molecular formula is C6H14NOP. The van der Waals surface area contributed by atoms with Crippen molar-refractivity contribution in [2.45, 2.75) is 20.3 Å². The van der Waals surface area contributed by atoms with Crippen molar-refractivity contribution in [2.75, 3.05) is 13.3 Å². The van der Waals surface area contributed by atoms with Gasteiger partial charge in [-0.1, -0.05) is 13.8 Å². The van der Waals surface area contributed by atoms with Gasteiger partial charge >= 0.3 is 0 Å². The van der Waals surface area contributed by atoms with Gasteiger partial charge in [0, 0.05) is 8.81 Å². The summed E-state index contributed by atoms with van der Waals surface area (Å²) in [5.41, 5.74) is 0. The Hall–Kier alpha value is -0.120. The molecule has 0 rings (SSSR count). The van der Waals surface area contributed by atoms with E-state index in [0.29, 0.717) is 21.8 Å². The van der Waals surface area contributed by atoms with E-state index in [2.05, 4.69) is 0 Å². The molecule has 0 aromatic heterocycles. The minimum absolute atomic E-state index is 0.515. The zero-order chi connectivity index (χ0) is 7.54. The van der Waals surface area contributed by atoms with Crippen molar-refractivity contribution < 1.29 is 4.52 Å². The summed E-state index contributed by atoms with van der Waals surface area (Å²) < 4.78 is 4.88. The van der Waals surface area contributed by atoms with Crippen LogP contribution in [-0.4, -0.2) is 13.3 Å². The summed E-state index contributed by atoms with van der Waals surface area (Å²) in [6.07, 6.45) is 0.515. The monoisotopic (exact) mass is 147 g/mol. The predicted molar refractivity (Wildman–Crippen MR) is 41.8 cm³/mol. The Morgan fingerprint density at radius 3 is 2.44 bits per heavy atom. The van der Waals surface area contributed by atoms with Crippen LogP contribution in [0, 0.1) is 11.3 Å². The average Bonchev–Trinajstić information content (AvgIpc) is 1.94. The molecule has 0 heterocycles. The van der Waals surface area contributed by atoms with Gasteiger partial charge in [0.25, 0.3) is 0 Å². The molecule has 0 saturated heterocycles. The average molecular weight is 147 g/mol. The summed E-state index contributed by atoms with van der Waals surface area (Å²) in [4.78, 5) is 0. The third-order valence-electron chi connectivity index (χ3n) is 0.460. The van der Waals surface area contributed by atoms with E-state index in [1.165, 1.54) is 0 Å². The van der Waals surface area contributed by atoms with Crippen LogP contribution in [0.1, 0.15) is 20.3 Å². The summed E-state index contributed by atoms with van der Waals surface area (Å²) in [5.74, 6) is 0. The van der Waals surface area contributed by atoms with Gasteiger partial charge < -0.3 is 4.52 Å². The normalized spacial score (nSPS) is 8.22. The second kappa shape index (κ2) is 15.7. The number of rotatable bonds is 3. The first-order chi connectivity index (χ1) is 4.41. The highest BCUT2D eigenvalue weighted by Crippen LogP contribution is 2.02. The van der Waals surface area contributed by atoms with E-state index < -0.39 is 0 Å². The highest BCUT2D eigenvalue weighted by molar-refractivity contribution is 7.31. The summed E-state index contributed by atoms with van der Waals surface area (Å²) in [7, 11) is 0.517. The van der Waals surface area contributed by atoms with Gasteiger partial charge in [-0.25, -0.2) is 0 Å². The van der Waals surface area contributed by atoms with E-state index in [4.69, 9.17) is 9.79 Å². The molecule has 0 aliphatic heterocycles. The topological polar surface area (TPSA) is 33.0 Å². The predicted octanol–water partition coefficient (Wildman–Crippen LogP) is 2.17. The first kappa shape index (κ1) is 11.6. The summed E-state index contributed by atoms with van der Waals surface area (Å²) in [6.45, 7) is 6.53. The van der Waals surface area contributed by atoms with E-state index in [1.54, 1.807) is 0 Å². The van der Waals surface area contributed by atoms with Gasteiger partial charge in [-0.3, -0.25) is 0 Å². The van der Waals surface area contributed by atoms with Gasteiger partial charge in [0.1, 0.15) is 0 Å². The van der Waals surface area contributed by atoms with Crippen molar-refractivity contribution in [1.82, 2.24) is 0 Å². The molecule has 3 heteroatoms. The lowest BCUT2D eigenvalue weighted by molar-refractivity contribution is 0.376. The number of nitrogens with zero attached hydrogens (tertiary/aromatic N) is 1. The Labute approximate surface area is 59.1 Å². The van der Waals surface area contributed by atoms with Crippen LogP contribution in [0.5, 0.6) is 0 Å². The molecule has 0 amide bonds. The standard InChI is InChI=1S/C4H8NOP.C2H6/c1-7-6-4-2-3-5;1-2/h7H,2,4H2,1H3;1-2H3. The van der Waals surface area contributed by atoms with Gasteiger partial charge in [0.05, 0.1) is 19.1 Å². The van der Waals surface area contributed by atoms with Crippen molar-refractivity contribution in [3.63, 3.8) is 0 Å². The summed E-state index contributed by atoms with van der Waals surface area (Å²) in [6, 6.07) is 1.98. The van der Waals surface area contributed by atoms with Gasteiger partial charge in [-0.05, 0) is 6.66 Å². The van der Waals surface area contributed by atoms with Crippen LogP contribution < -0.4 is 0 Å². The second-order valence-electron chi connectivity index (χ2n) is 0.961. The Morgan fingerprint density at radius 2 is 2.11 bits per heavy atom. The molecule has 1 atom stereocenters. The van der Waals surface area contributed by atoms with E-state index in [9.17, 15) is 0 Å². The van der Waals surface area contributed by atoms with Gasteiger partial charge in [-0.15, -0.1) is 0 Å². The molecule has 0 N–H and O–H groups in total. The lowest BCUT2D eigenvalue weighted by atomic mass is 10.5. The van der Waals surface area contributed by atoms with Crippen LogP contribution in [-0.2, 0) is 4.52 Å². The fourth-order valence-electron chi connectivity index (χ4n) is 0.199. The zero-order valence-electron chi connectivity index (χ0n) is 6.27. The van der Waals surface area contributed by atoms with Crippen molar-refractivity contribution >= 4 is 8.81 Å². The smallest absolute Gasteiger partial charge is 0.0646 e. The Bertz CT molecular complexity index is 69.9. The Morgan fingerprint density at radius 1 is 1.56 bits per heavy atom. The molecule has 0 radical (unpaired) electrons. The maximum Gasteiger partial charge on any atom is 0.0646 e. The second-order valence-corrected chi connectivity index (χ2v) is 1.66. The molecule has 54 valence electrons. The molecular weight excluding hydrogens is 133 g/mol. The third-order valence-corrected chi connectivity index (χ3v) is 0.953. The lowest BCUT2D eigenvalue weighted by Crippen LogP contribution is -1.79. The van der Waals surface area contributed by atoms with Gasteiger partial charge in [0.15, 0.2) is 0 Å². The molecule has 0 spiro atoms. The van der Waals surface area contributed by atoms with E-state index in [-0.39, 0.29) is 0 Å². The largest absolute Gasteiger partial charge is 0.362 e. The van der Waals surface area contributed by atoms with Crippen LogP contribution in [0.25, 0.3) is 0 Å². The maximum atomic E-state index is 7.97. The molecule has 0 aromatic rings. The van der Waals surface area contributed by atoms with Crippen LogP contribution >= 0.6 is 8.81 Å². The highest BCUT2D eigenvalue weighted by Gasteiger charge is 1.78. The number of nitriles is 1. The van der Waals surface area contributed by atoms with Crippen molar-refractivity contribution in [1.29, 1.82) is 5.26 Å². The summed E-state index contributed by atoms with van der Waals surface area (Å²) >= 11 is 0. The van der Waals surface area contributed by atoms with Crippen LogP contribution in [0.4, 0.5) is 0 Å². The number of hydrogen-bond acceptors (Lipinski definition) is 2. The van der Waals surface area contributed by atoms with Crippen molar-refractivity contribution in [3.8, 4) is 6.07 Å². The minimum Gasteiger partial charge on any atom is -0.362 e. The molecule has 0 saturated carbocycles. The molecule has 0 aliphatic carbocycles. The molecule has 0 aliphatic rings. The molecule has 0 aromatic carbocycles. The first-order valence-electron chi connectivity index (χ1n) is 3.07. The Balaban J connectivity index is 0. The van der Waals surface area contributed by atoms with Crippen LogP contribution in [0.15, 0.2) is 0 Å². The van der Waals surface area contributed by atoms with E-state index >= 15 is 0 Å². The molecule has 1 unspecified atom stereocenters. The van der Waals surface area contributed by atoms with Gasteiger partial charge in [0.2, 0.25) is 0 Å². The van der Waals surface area contributed by atoms with E-state index in [1.807, 2.05) is 26.6 Å². The van der Waals surface area contributed by atoms with Crippen molar-refractivity contribution in [3.05, 3.63) is 0 Å². The van der Waals surface area contributed by atoms with Crippen LogP contribution in [0.3, 0.4) is 0 Å².